The molecule has 1 N–H and O–H groups in total. The van der Waals surface area contributed by atoms with E-state index in [-0.39, 0.29) is 18.1 Å². The van der Waals surface area contributed by atoms with Crippen molar-refractivity contribution >= 4 is 12.2 Å². The number of hydrogen-bond acceptors (Lipinski definition) is 4. The normalized spacial score (nSPS) is 20.6. The second-order valence-corrected chi connectivity index (χ2v) is 8.66. The fourth-order valence-corrected chi connectivity index (χ4v) is 2.92. The van der Waals surface area contributed by atoms with Crippen molar-refractivity contribution in [3.63, 3.8) is 0 Å². The fraction of sp³-hybridized carbons (Fsp3) is 0.600. The van der Waals surface area contributed by atoms with E-state index in [0.717, 1.165) is 5.56 Å². The van der Waals surface area contributed by atoms with Gasteiger partial charge in [0.25, 0.3) is 0 Å². The maximum absolute atomic E-state index is 12.5. The van der Waals surface area contributed by atoms with Crippen molar-refractivity contribution in [1.29, 1.82) is 0 Å². The molecule has 0 spiro atoms. The average molecular weight is 362 g/mol. The summed E-state index contributed by atoms with van der Waals surface area (Å²) in [6.45, 7) is 11.9. The Balaban J connectivity index is 2.14. The molecule has 0 aliphatic carbocycles. The van der Waals surface area contributed by atoms with Crippen LogP contribution in [0.1, 0.15) is 53.0 Å². The van der Waals surface area contributed by atoms with Crippen molar-refractivity contribution in [1.82, 2.24) is 10.2 Å². The van der Waals surface area contributed by atoms with Gasteiger partial charge in [-0.3, -0.25) is 0 Å². The van der Waals surface area contributed by atoms with E-state index in [2.05, 4.69) is 5.32 Å². The molecule has 2 rings (SSSR count). The summed E-state index contributed by atoms with van der Waals surface area (Å²) in [5.41, 5.74) is -0.0641. The Morgan fingerprint density at radius 2 is 1.54 bits per heavy atom. The van der Waals surface area contributed by atoms with Gasteiger partial charge in [-0.2, -0.15) is 0 Å². The molecule has 1 fully saturated rings. The Morgan fingerprint density at radius 3 is 2.08 bits per heavy atom. The van der Waals surface area contributed by atoms with Crippen LogP contribution in [0.4, 0.5) is 9.59 Å². The van der Waals surface area contributed by atoms with Crippen LogP contribution in [0.25, 0.3) is 0 Å². The molecule has 1 aliphatic heterocycles. The first-order chi connectivity index (χ1) is 11.9. The summed E-state index contributed by atoms with van der Waals surface area (Å²) in [6, 6.07) is 9.63. The van der Waals surface area contributed by atoms with E-state index in [0.29, 0.717) is 13.1 Å². The lowest BCUT2D eigenvalue weighted by Crippen LogP contribution is -2.43. The van der Waals surface area contributed by atoms with Gasteiger partial charge in [0.15, 0.2) is 0 Å². The minimum absolute atomic E-state index is 0.0174. The first-order valence-corrected chi connectivity index (χ1v) is 8.97. The zero-order chi connectivity index (χ0) is 19.5. The van der Waals surface area contributed by atoms with Crippen LogP contribution in [0.5, 0.6) is 0 Å². The summed E-state index contributed by atoms with van der Waals surface area (Å²) in [4.78, 5) is 26.3. The summed E-state index contributed by atoms with van der Waals surface area (Å²) < 4.78 is 10.9. The van der Waals surface area contributed by atoms with Gasteiger partial charge in [-0.15, -0.1) is 0 Å². The Kier molecular flexibility index (Phi) is 5.84. The second-order valence-electron chi connectivity index (χ2n) is 8.66. The van der Waals surface area contributed by atoms with E-state index in [1.165, 1.54) is 0 Å². The van der Waals surface area contributed by atoms with E-state index in [4.69, 9.17) is 9.47 Å². The molecule has 1 saturated heterocycles. The molecule has 6 nitrogen and oxygen atoms in total. The third-order valence-electron chi connectivity index (χ3n) is 3.90. The summed E-state index contributed by atoms with van der Waals surface area (Å²) in [5, 5.41) is 2.92. The minimum atomic E-state index is -0.574. The molecule has 2 atom stereocenters. The third-order valence-corrected chi connectivity index (χ3v) is 3.90. The standard InChI is InChI=1S/C20H30N2O4/c1-19(2,3)25-17(23)21-16-13-22(18(24)26-20(4,5)6)12-15(16)14-10-8-7-9-11-14/h7-11,15-16H,12-13H2,1-6H3,(H,21,23)/t15-,16-/m1/s1. The highest BCUT2D eigenvalue weighted by atomic mass is 16.6. The average Bonchev–Trinajstić information content (AvgIpc) is 2.88. The van der Waals surface area contributed by atoms with Crippen LogP contribution < -0.4 is 5.32 Å². The van der Waals surface area contributed by atoms with Gasteiger partial charge in [0.1, 0.15) is 11.2 Å². The molecule has 6 heteroatoms. The molecular weight excluding hydrogens is 332 g/mol. The van der Waals surface area contributed by atoms with Gasteiger partial charge in [0, 0.05) is 19.0 Å². The van der Waals surface area contributed by atoms with Crippen molar-refractivity contribution in [2.45, 2.75) is 64.7 Å². The van der Waals surface area contributed by atoms with Crippen LogP contribution in [-0.4, -0.2) is 47.4 Å². The molecule has 2 amide bonds. The second kappa shape index (κ2) is 7.56. The monoisotopic (exact) mass is 362 g/mol. The van der Waals surface area contributed by atoms with Gasteiger partial charge in [0.2, 0.25) is 0 Å². The Labute approximate surface area is 155 Å². The highest BCUT2D eigenvalue weighted by Gasteiger charge is 2.39. The molecule has 0 radical (unpaired) electrons. The highest BCUT2D eigenvalue weighted by molar-refractivity contribution is 5.71. The Hall–Kier alpha value is -2.24. The van der Waals surface area contributed by atoms with Gasteiger partial charge in [-0.25, -0.2) is 9.59 Å². The molecule has 1 heterocycles. The number of rotatable bonds is 2. The largest absolute Gasteiger partial charge is 0.444 e. The molecule has 1 aromatic rings. The van der Waals surface area contributed by atoms with Crippen molar-refractivity contribution < 1.29 is 19.1 Å². The van der Waals surface area contributed by atoms with Crippen molar-refractivity contribution in [3.05, 3.63) is 35.9 Å². The van der Waals surface area contributed by atoms with Crippen LogP contribution >= 0.6 is 0 Å². The Morgan fingerprint density at radius 1 is 0.962 bits per heavy atom. The molecular formula is C20H30N2O4. The van der Waals surface area contributed by atoms with Crippen molar-refractivity contribution in [2.75, 3.05) is 13.1 Å². The van der Waals surface area contributed by atoms with Gasteiger partial charge in [-0.05, 0) is 47.1 Å². The first kappa shape index (κ1) is 20.1. The predicted octanol–water partition coefficient (Wildman–Crippen LogP) is 3.91. The third kappa shape index (κ3) is 5.93. The number of amides is 2. The van der Waals surface area contributed by atoms with E-state index < -0.39 is 17.3 Å². The molecule has 1 aliphatic rings. The molecule has 1 aromatic carbocycles. The summed E-state index contributed by atoms with van der Waals surface area (Å²) >= 11 is 0. The molecule has 0 bridgehead atoms. The lowest BCUT2D eigenvalue weighted by Gasteiger charge is -2.25. The SMILES string of the molecule is CC(C)(C)OC(=O)N[C@@H]1CN(C(=O)OC(C)(C)C)C[C@@H]1c1ccccc1. The molecule has 0 aromatic heterocycles. The first-order valence-electron chi connectivity index (χ1n) is 8.97. The van der Waals surface area contributed by atoms with Crippen LogP contribution in [0.3, 0.4) is 0 Å². The number of alkyl carbamates (subject to hydrolysis) is 1. The minimum Gasteiger partial charge on any atom is -0.444 e. The maximum Gasteiger partial charge on any atom is 0.410 e. The van der Waals surface area contributed by atoms with Crippen LogP contribution in [-0.2, 0) is 9.47 Å². The van der Waals surface area contributed by atoms with E-state index in [1.807, 2.05) is 71.9 Å². The smallest absolute Gasteiger partial charge is 0.410 e. The Bertz CT molecular complexity index is 631. The number of benzene rings is 1. The van der Waals surface area contributed by atoms with Gasteiger partial charge >= 0.3 is 12.2 Å². The van der Waals surface area contributed by atoms with Gasteiger partial charge in [0.05, 0.1) is 6.04 Å². The number of carbonyl (C=O) groups excluding carboxylic acids is 2. The van der Waals surface area contributed by atoms with Crippen LogP contribution in [0.2, 0.25) is 0 Å². The topological polar surface area (TPSA) is 67.9 Å². The van der Waals surface area contributed by atoms with Crippen LogP contribution in [0, 0.1) is 0 Å². The quantitative estimate of drug-likeness (QED) is 0.866. The maximum atomic E-state index is 12.5. The summed E-state index contributed by atoms with van der Waals surface area (Å²) in [7, 11) is 0. The van der Waals surface area contributed by atoms with Gasteiger partial charge < -0.3 is 19.7 Å². The van der Waals surface area contributed by atoms with Crippen molar-refractivity contribution in [2.24, 2.45) is 0 Å². The zero-order valence-electron chi connectivity index (χ0n) is 16.5. The summed E-state index contributed by atoms with van der Waals surface area (Å²) in [5.74, 6) is -0.0174. The predicted molar refractivity (Wildman–Crippen MR) is 100 cm³/mol. The van der Waals surface area contributed by atoms with Crippen molar-refractivity contribution in [3.8, 4) is 0 Å². The number of nitrogens with zero attached hydrogens (tertiary/aromatic N) is 1. The molecule has 144 valence electrons. The number of hydrogen-bond donors (Lipinski definition) is 1. The number of ether oxygens (including phenoxy) is 2. The summed E-state index contributed by atoms with van der Waals surface area (Å²) in [6.07, 6.45) is -0.846. The van der Waals surface area contributed by atoms with E-state index >= 15 is 0 Å². The molecule has 0 unspecified atom stereocenters. The van der Waals surface area contributed by atoms with E-state index in [1.54, 1.807) is 4.90 Å². The lowest BCUT2D eigenvalue weighted by atomic mass is 9.94. The molecule has 0 saturated carbocycles. The van der Waals surface area contributed by atoms with Crippen LogP contribution in [0.15, 0.2) is 30.3 Å². The number of likely N-dealkylation sites (tertiary alicyclic amines) is 1. The zero-order valence-corrected chi connectivity index (χ0v) is 16.5. The number of carbonyl (C=O) groups is 2. The lowest BCUT2D eigenvalue weighted by molar-refractivity contribution is 0.0281. The fourth-order valence-electron chi connectivity index (χ4n) is 2.92. The van der Waals surface area contributed by atoms with Gasteiger partial charge in [-0.1, -0.05) is 30.3 Å². The number of nitrogens with one attached hydrogen (secondary N) is 1. The highest BCUT2D eigenvalue weighted by Crippen LogP contribution is 2.29. The van der Waals surface area contributed by atoms with E-state index in [9.17, 15) is 9.59 Å². The molecule has 26 heavy (non-hydrogen) atoms.